The minimum Gasteiger partial charge on any atom is -0.348 e. The Labute approximate surface area is 92.9 Å². The number of nitrogens with one attached hydrogen (secondary N) is 1. The molecule has 84 valence electrons. The van der Waals surface area contributed by atoms with Gasteiger partial charge in [-0.05, 0) is 12.8 Å². The van der Waals surface area contributed by atoms with Gasteiger partial charge in [0.1, 0.15) is 12.2 Å². The van der Waals surface area contributed by atoms with Crippen molar-refractivity contribution in [2.45, 2.75) is 31.3 Å². The summed E-state index contributed by atoms with van der Waals surface area (Å²) >= 11 is 0. The highest BCUT2D eigenvalue weighted by Gasteiger charge is 2.28. The molecule has 6 heteroatoms. The van der Waals surface area contributed by atoms with E-state index in [1.807, 2.05) is 0 Å². The summed E-state index contributed by atoms with van der Waals surface area (Å²) in [4.78, 5) is 7.02. The van der Waals surface area contributed by atoms with Crippen molar-refractivity contribution in [2.75, 3.05) is 0 Å². The zero-order valence-electron chi connectivity index (χ0n) is 8.87. The fourth-order valence-corrected chi connectivity index (χ4v) is 1.88. The maximum absolute atomic E-state index is 6.13. The molecule has 0 spiro atoms. The van der Waals surface area contributed by atoms with Gasteiger partial charge in [-0.2, -0.15) is 0 Å². The average molecular weight is 218 g/mol. The summed E-state index contributed by atoms with van der Waals surface area (Å²) in [6.45, 7) is 0. The van der Waals surface area contributed by atoms with Crippen molar-refractivity contribution >= 4 is 0 Å². The van der Waals surface area contributed by atoms with Gasteiger partial charge in [-0.15, -0.1) is 10.2 Å². The first-order chi connectivity index (χ1) is 7.84. The minimum atomic E-state index is -0.122. The number of H-pyrrole nitrogens is 1. The maximum Gasteiger partial charge on any atom is 0.150 e. The molecular formula is C10H14N6. The molecule has 2 heterocycles. The first kappa shape index (κ1) is 9.53. The van der Waals surface area contributed by atoms with Crippen LogP contribution in [0.1, 0.15) is 36.4 Å². The first-order valence-electron chi connectivity index (χ1n) is 5.47. The summed E-state index contributed by atoms with van der Waals surface area (Å²) in [6.07, 6.45) is 8.36. The summed E-state index contributed by atoms with van der Waals surface area (Å²) in [5.74, 6) is 0.872. The van der Waals surface area contributed by atoms with Crippen LogP contribution in [0.15, 0.2) is 18.9 Å². The number of hydrogen-bond donors (Lipinski definition) is 2. The van der Waals surface area contributed by atoms with Crippen LogP contribution in [-0.2, 0) is 6.42 Å². The van der Waals surface area contributed by atoms with Gasteiger partial charge in [-0.1, -0.05) is 0 Å². The molecule has 0 aliphatic heterocycles. The molecule has 0 unspecified atom stereocenters. The van der Waals surface area contributed by atoms with Gasteiger partial charge in [0.15, 0.2) is 0 Å². The van der Waals surface area contributed by atoms with E-state index in [1.54, 1.807) is 18.9 Å². The SMILES string of the molecule is N[C@@H](Cc1cnc[nH]1)c1nncn1C1CC1. The molecule has 3 rings (SSSR count). The Hall–Kier alpha value is -1.69. The molecule has 0 amide bonds. The van der Waals surface area contributed by atoms with E-state index < -0.39 is 0 Å². The number of hydrogen-bond acceptors (Lipinski definition) is 4. The highest BCUT2D eigenvalue weighted by molar-refractivity contribution is 5.05. The Morgan fingerprint density at radius 2 is 2.44 bits per heavy atom. The molecule has 1 aliphatic rings. The van der Waals surface area contributed by atoms with Crippen LogP contribution in [0, 0.1) is 0 Å². The highest BCUT2D eigenvalue weighted by atomic mass is 15.3. The van der Waals surface area contributed by atoms with Gasteiger partial charge in [0.05, 0.1) is 12.4 Å². The van der Waals surface area contributed by atoms with Gasteiger partial charge >= 0.3 is 0 Å². The van der Waals surface area contributed by atoms with Gasteiger partial charge in [-0.3, -0.25) is 0 Å². The third-order valence-corrected chi connectivity index (χ3v) is 2.87. The predicted octanol–water partition coefficient (Wildman–Crippen LogP) is 0.579. The lowest BCUT2D eigenvalue weighted by molar-refractivity contribution is 0.587. The lowest BCUT2D eigenvalue weighted by Crippen LogP contribution is -2.18. The molecule has 3 N–H and O–H groups in total. The summed E-state index contributed by atoms with van der Waals surface area (Å²) in [5, 5.41) is 8.05. The van der Waals surface area contributed by atoms with E-state index >= 15 is 0 Å². The summed E-state index contributed by atoms with van der Waals surface area (Å²) in [5.41, 5.74) is 7.15. The van der Waals surface area contributed by atoms with E-state index in [-0.39, 0.29) is 6.04 Å². The van der Waals surface area contributed by atoms with Crippen LogP contribution < -0.4 is 5.73 Å². The number of rotatable bonds is 4. The molecule has 0 radical (unpaired) electrons. The third kappa shape index (κ3) is 1.71. The van der Waals surface area contributed by atoms with Gasteiger partial charge in [0, 0.05) is 24.4 Å². The number of aromatic amines is 1. The van der Waals surface area contributed by atoms with Crippen LogP contribution in [0.2, 0.25) is 0 Å². The number of nitrogens with zero attached hydrogens (tertiary/aromatic N) is 4. The molecule has 0 saturated heterocycles. The van der Waals surface area contributed by atoms with E-state index in [1.165, 1.54) is 12.8 Å². The quantitative estimate of drug-likeness (QED) is 0.786. The molecule has 2 aromatic heterocycles. The number of aromatic nitrogens is 5. The van der Waals surface area contributed by atoms with Crippen molar-refractivity contribution in [3.63, 3.8) is 0 Å². The zero-order chi connectivity index (χ0) is 11.0. The van der Waals surface area contributed by atoms with Crippen LogP contribution in [-0.4, -0.2) is 24.7 Å². The summed E-state index contributed by atoms with van der Waals surface area (Å²) in [6, 6.07) is 0.446. The van der Waals surface area contributed by atoms with Gasteiger partial charge < -0.3 is 15.3 Å². The normalized spacial score (nSPS) is 17.6. The number of imidazole rings is 1. The Morgan fingerprint density at radius 1 is 1.56 bits per heavy atom. The number of nitrogens with two attached hydrogens (primary N) is 1. The molecule has 1 fully saturated rings. The first-order valence-corrected chi connectivity index (χ1v) is 5.47. The van der Waals surface area contributed by atoms with Gasteiger partial charge in [0.2, 0.25) is 0 Å². The van der Waals surface area contributed by atoms with Gasteiger partial charge in [-0.25, -0.2) is 4.98 Å². The monoisotopic (exact) mass is 218 g/mol. The smallest absolute Gasteiger partial charge is 0.150 e. The van der Waals surface area contributed by atoms with E-state index in [0.29, 0.717) is 12.5 Å². The Bertz CT molecular complexity index is 455. The maximum atomic E-state index is 6.13. The molecule has 6 nitrogen and oxygen atoms in total. The lowest BCUT2D eigenvalue weighted by atomic mass is 10.1. The topological polar surface area (TPSA) is 85.4 Å². The molecule has 0 bridgehead atoms. The molecule has 2 aromatic rings. The summed E-state index contributed by atoms with van der Waals surface area (Å²) in [7, 11) is 0. The Kier molecular flexibility index (Phi) is 2.21. The standard InChI is InChI=1S/C10H14N6/c11-9(3-7-4-12-5-13-7)10-15-14-6-16(10)8-1-2-8/h4-6,8-9H,1-3,11H2,(H,12,13)/t9-/m0/s1. The van der Waals surface area contributed by atoms with Crippen molar-refractivity contribution in [2.24, 2.45) is 5.73 Å². The van der Waals surface area contributed by atoms with Crippen molar-refractivity contribution in [1.82, 2.24) is 24.7 Å². The predicted molar refractivity (Wildman–Crippen MR) is 57.5 cm³/mol. The average Bonchev–Trinajstić information content (AvgIpc) is 2.82. The fourth-order valence-electron chi connectivity index (χ4n) is 1.88. The molecule has 0 aromatic carbocycles. The van der Waals surface area contributed by atoms with Gasteiger partial charge in [0.25, 0.3) is 0 Å². The largest absolute Gasteiger partial charge is 0.348 e. The van der Waals surface area contributed by atoms with Crippen molar-refractivity contribution in [1.29, 1.82) is 0 Å². The second-order valence-electron chi connectivity index (χ2n) is 4.22. The van der Waals surface area contributed by atoms with Crippen LogP contribution in [0.4, 0.5) is 0 Å². The van der Waals surface area contributed by atoms with E-state index in [2.05, 4.69) is 24.7 Å². The highest BCUT2D eigenvalue weighted by Crippen LogP contribution is 2.36. The molecular weight excluding hydrogens is 204 g/mol. The molecule has 1 aliphatic carbocycles. The Balaban J connectivity index is 1.78. The third-order valence-electron chi connectivity index (χ3n) is 2.87. The fraction of sp³-hybridized carbons (Fsp3) is 0.500. The molecule has 1 atom stereocenters. The molecule has 1 saturated carbocycles. The zero-order valence-corrected chi connectivity index (χ0v) is 8.87. The second kappa shape index (κ2) is 3.71. The van der Waals surface area contributed by atoms with Crippen molar-refractivity contribution < 1.29 is 0 Å². The van der Waals surface area contributed by atoms with E-state index in [0.717, 1.165) is 11.5 Å². The van der Waals surface area contributed by atoms with Crippen LogP contribution in [0.5, 0.6) is 0 Å². The van der Waals surface area contributed by atoms with Crippen molar-refractivity contribution in [3.8, 4) is 0 Å². The minimum absolute atomic E-state index is 0.122. The van der Waals surface area contributed by atoms with E-state index in [9.17, 15) is 0 Å². The lowest BCUT2D eigenvalue weighted by Gasteiger charge is -2.11. The van der Waals surface area contributed by atoms with Crippen LogP contribution in [0.25, 0.3) is 0 Å². The summed E-state index contributed by atoms with van der Waals surface area (Å²) < 4.78 is 2.10. The second-order valence-corrected chi connectivity index (χ2v) is 4.22. The van der Waals surface area contributed by atoms with Crippen LogP contribution in [0.3, 0.4) is 0 Å². The van der Waals surface area contributed by atoms with Crippen LogP contribution >= 0.6 is 0 Å². The Morgan fingerprint density at radius 3 is 3.12 bits per heavy atom. The van der Waals surface area contributed by atoms with E-state index in [4.69, 9.17) is 5.73 Å². The molecule has 16 heavy (non-hydrogen) atoms. The van der Waals surface area contributed by atoms with Crippen molar-refractivity contribution in [3.05, 3.63) is 30.4 Å².